The summed E-state index contributed by atoms with van der Waals surface area (Å²) in [7, 11) is 2.04. The van der Waals surface area contributed by atoms with E-state index < -0.39 is 0 Å². The molecule has 0 N–H and O–H groups in total. The highest BCUT2D eigenvalue weighted by Crippen LogP contribution is 2.41. The molecule has 4 heteroatoms. The minimum absolute atomic E-state index is 0.112. The zero-order valence-corrected chi connectivity index (χ0v) is 16.5. The van der Waals surface area contributed by atoms with E-state index in [1.165, 1.54) is 0 Å². The fourth-order valence-corrected chi connectivity index (χ4v) is 4.07. The Kier molecular flexibility index (Phi) is 3.90. The average molecular weight is 378 g/mol. The summed E-state index contributed by atoms with van der Waals surface area (Å²) >= 11 is 6.54. The molecular formula is C23H20ClNO2. The van der Waals surface area contributed by atoms with Crippen LogP contribution in [-0.2, 0) is 0 Å². The molecule has 1 aliphatic carbocycles. The van der Waals surface area contributed by atoms with Gasteiger partial charge in [-0.3, -0.25) is 9.59 Å². The van der Waals surface area contributed by atoms with Gasteiger partial charge in [-0.15, -0.1) is 0 Å². The Morgan fingerprint density at radius 3 is 2.19 bits per heavy atom. The first-order chi connectivity index (χ1) is 12.7. The first-order valence-electron chi connectivity index (χ1n) is 8.88. The first-order valence-corrected chi connectivity index (χ1v) is 9.26. The Labute approximate surface area is 163 Å². The number of likely N-dealkylation sites (N-methyl/N-ethyl adjacent to an activating group) is 1. The van der Waals surface area contributed by atoms with E-state index in [-0.39, 0.29) is 22.7 Å². The zero-order valence-electron chi connectivity index (χ0n) is 15.8. The number of Topliss-reactive ketones (excluding diaryl/α,β-unsaturated/α-hetero) is 2. The Morgan fingerprint density at radius 2 is 1.59 bits per heavy atom. The summed E-state index contributed by atoms with van der Waals surface area (Å²) in [5.74, 6) is -0.482. The first kappa shape index (κ1) is 17.7. The van der Waals surface area contributed by atoms with Crippen molar-refractivity contribution in [2.75, 3.05) is 11.9 Å². The predicted octanol–water partition coefficient (Wildman–Crippen LogP) is 5.43. The number of allylic oxidation sites excluding steroid dienone is 2. The highest BCUT2D eigenvalue weighted by molar-refractivity contribution is 6.42. The number of hydrogen-bond acceptors (Lipinski definition) is 3. The molecule has 3 nitrogen and oxygen atoms in total. The van der Waals surface area contributed by atoms with E-state index in [1.54, 1.807) is 30.3 Å². The van der Waals surface area contributed by atoms with Gasteiger partial charge in [-0.05, 0) is 50.1 Å². The number of rotatable bonds is 1. The van der Waals surface area contributed by atoms with Crippen LogP contribution in [0.15, 0.2) is 48.0 Å². The third kappa shape index (κ3) is 2.65. The maximum absolute atomic E-state index is 12.7. The third-order valence-corrected chi connectivity index (χ3v) is 5.87. The summed E-state index contributed by atoms with van der Waals surface area (Å²) in [5.41, 5.74) is 4.91. The number of ketones is 2. The number of fused-ring (bicyclic) bond motifs is 2. The summed E-state index contributed by atoms with van der Waals surface area (Å²) in [6, 6.07) is 10.8. The second kappa shape index (κ2) is 5.93. The van der Waals surface area contributed by atoms with Crippen molar-refractivity contribution in [3.05, 3.63) is 75.3 Å². The lowest BCUT2D eigenvalue weighted by Gasteiger charge is -2.40. The van der Waals surface area contributed by atoms with Crippen LogP contribution in [0.1, 0.15) is 52.6 Å². The molecule has 1 aliphatic heterocycles. The van der Waals surface area contributed by atoms with Crippen LogP contribution in [0.4, 0.5) is 5.69 Å². The molecule has 0 radical (unpaired) electrons. The topological polar surface area (TPSA) is 37.4 Å². The van der Waals surface area contributed by atoms with Gasteiger partial charge < -0.3 is 4.90 Å². The molecule has 0 saturated heterocycles. The Hall–Kier alpha value is -2.65. The molecule has 0 saturated carbocycles. The van der Waals surface area contributed by atoms with Crippen LogP contribution in [-0.4, -0.2) is 24.2 Å². The highest BCUT2D eigenvalue weighted by atomic mass is 35.5. The predicted molar refractivity (Wildman–Crippen MR) is 111 cm³/mol. The maximum Gasteiger partial charge on any atom is 0.197 e. The average Bonchev–Trinajstić information content (AvgIpc) is 2.86. The number of carbonyl (C=O) groups is 2. The number of carbonyl (C=O) groups excluding carboxylic acids is 2. The van der Waals surface area contributed by atoms with Crippen LogP contribution >= 0.6 is 11.6 Å². The van der Waals surface area contributed by atoms with Gasteiger partial charge in [-0.25, -0.2) is 0 Å². The normalized spacial score (nSPS) is 17.6. The molecule has 0 aromatic heterocycles. The molecule has 0 fully saturated rings. The van der Waals surface area contributed by atoms with Gasteiger partial charge in [0.15, 0.2) is 11.6 Å². The lowest BCUT2D eigenvalue weighted by atomic mass is 9.88. The summed E-state index contributed by atoms with van der Waals surface area (Å²) in [4.78, 5) is 27.5. The van der Waals surface area contributed by atoms with E-state index in [9.17, 15) is 9.59 Å². The molecule has 136 valence electrons. The molecular weight excluding hydrogens is 358 g/mol. The van der Waals surface area contributed by atoms with Gasteiger partial charge in [0.2, 0.25) is 0 Å². The molecule has 0 atom stereocenters. The van der Waals surface area contributed by atoms with Gasteiger partial charge in [0.25, 0.3) is 0 Å². The number of halogens is 1. The molecule has 2 aliphatic rings. The number of anilines is 1. The lowest BCUT2D eigenvalue weighted by Crippen LogP contribution is -2.42. The minimum Gasteiger partial charge on any atom is -0.365 e. The quantitative estimate of drug-likeness (QED) is 0.491. The molecule has 2 aromatic carbocycles. The van der Waals surface area contributed by atoms with E-state index in [0.29, 0.717) is 21.7 Å². The molecule has 1 heterocycles. The standard InChI is InChI=1S/C23H20ClNO2/c1-13-12-23(2,3)25(4)20-11-19(24)14(9-17(13)20)10-18-21(26)15-7-5-6-8-16(15)22(18)27/h5-12H,1-4H3. The van der Waals surface area contributed by atoms with E-state index in [0.717, 1.165) is 16.8 Å². The van der Waals surface area contributed by atoms with Crippen molar-refractivity contribution >= 4 is 40.5 Å². The van der Waals surface area contributed by atoms with Gasteiger partial charge in [-0.1, -0.05) is 41.9 Å². The van der Waals surface area contributed by atoms with E-state index in [2.05, 4.69) is 31.7 Å². The molecule has 0 amide bonds. The molecule has 4 rings (SSSR count). The van der Waals surface area contributed by atoms with Crippen LogP contribution in [0.5, 0.6) is 0 Å². The summed E-state index contributed by atoms with van der Waals surface area (Å²) in [6.45, 7) is 6.37. The summed E-state index contributed by atoms with van der Waals surface area (Å²) in [5, 5.41) is 0.523. The second-order valence-electron chi connectivity index (χ2n) is 7.69. The van der Waals surface area contributed by atoms with Crippen molar-refractivity contribution in [3.8, 4) is 0 Å². The van der Waals surface area contributed by atoms with Gasteiger partial charge in [-0.2, -0.15) is 0 Å². The van der Waals surface area contributed by atoms with E-state index in [1.807, 2.05) is 19.2 Å². The number of hydrogen-bond donors (Lipinski definition) is 0. The van der Waals surface area contributed by atoms with Gasteiger partial charge in [0.1, 0.15) is 0 Å². The minimum atomic E-state index is -0.241. The Balaban J connectivity index is 1.84. The summed E-state index contributed by atoms with van der Waals surface area (Å²) < 4.78 is 0. The van der Waals surface area contributed by atoms with Crippen molar-refractivity contribution in [1.29, 1.82) is 0 Å². The summed E-state index contributed by atoms with van der Waals surface area (Å²) in [6.07, 6.45) is 3.84. The Morgan fingerprint density at radius 1 is 1.00 bits per heavy atom. The van der Waals surface area contributed by atoms with Gasteiger partial charge in [0.05, 0.1) is 11.1 Å². The molecule has 0 unspecified atom stereocenters. The second-order valence-corrected chi connectivity index (χ2v) is 8.10. The van der Waals surface area contributed by atoms with Crippen LogP contribution in [0.25, 0.3) is 11.6 Å². The SMILES string of the molecule is CC1=CC(C)(C)N(C)c2cc(Cl)c(C=C3C(=O)c4ccccc4C3=O)cc21. The van der Waals surface area contributed by atoms with E-state index in [4.69, 9.17) is 11.6 Å². The van der Waals surface area contributed by atoms with Gasteiger partial charge >= 0.3 is 0 Å². The smallest absolute Gasteiger partial charge is 0.197 e. The molecule has 2 aromatic rings. The molecule has 27 heavy (non-hydrogen) atoms. The van der Waals surface area contributed by atoms with Crippen LogP contribution in [0, 0.1) is 0 Å². The fraction of sp³-hybridized carbons (Fsp3) is 0.217. The van der Waals surface area contributed by atoms with Crippen LogP contribution in [0.3, 0.4) is 0 Å². The Bertz CT molecular complexity index is 1040. The number of nitrogens with zero attached hydrogens (tertiary/aromatic N) is 1. The van der Waals surface area contributed by atoms with Crippen LogP contribution < -0.4 is 4.90 Å². The zero-order chi connectivity index (χ0) is 19.5. The highest BCUT2D eigenvalue weighted by Gasteiger charge is 2.33. The van der Waals surface area contributed by atoms with Crippen molar-refractivity contribution < 1.29 is 9.59 Å². The largest absolute Gasteiger partial charge is 0.365 e. The fourth-order valence-electron chi connectivity index (χ4n) is 3.86. The molecule has 0 bridgehead atoms. The lowest BCUT2D eigenvalue weighted by molar-refractivity contribution is 0.0990. The monoisotopic (exact) mass is 377 g/mol. The van der Waals surface area contributed by atoms with Crippen LogP contribution in [0.2, 0.25) is 5.02 Å². The maximum atomic E-state index is 12.7. The van der Waals surface area contributed by atoms with Crippen molar-refractivity contribution in [2.24, 2.45) is 0 Å². The van der Waals surface area contributed by atoms with Crippen molar-refractivity contribution in [1.82, 2.24) is 0 Å². The number of benzene rings is 2. The van der Waals surface area contributed by atoms with Crippen molar-refractivity contribution in [3.63, 3.8) is 0 Å². The van der Waals surface area contributed by atoms with Crippen molar-refractivity contribution in [2.45, 2.75) is 26.3 Å². The molecule has 0 spiro atoms. The van der Waals surface area contributed by atoms with Gasteiger partial charge in [0, 0.05) is 34.4 Å². The third-order valence-electron chi connectivity index (χ3n) is 5.54. The van der Waals surface area contributed by atoms with E-state index >= 15 is 0 Å².